The molecule has 1 N–H and O–H groups in total. The van der Waals surface area contributed by atoms with Gasteiger partial charge in [0.05, 0.1) is 17.7 Å². The van der Waals surface area contributed by atoms with Gasteiger partial charge in [-0.15, -0.1) is 0 Å². The molecule has 1 aliphatic heterocycles. The molecule has 5 nitrogen and oxygen atoms in total. The Morgan fingerprint density at radius 3 is 2.68 bits per heavy atom. The summed E-state index contributed by atoms with van der Waals surface area (Å²) in [4.78, 5) is 26.9. The second-order valence-corrected chi connectivity index (χ2v) is 5.31. The summed E-state index contributed by atoms with van der Waals surface area (Å²) in [5, 5.41) is 14.0. The normalized spacial score (nSPS) is 20.3. The van der Waals surface area contributed by atoms with Gasteiger partial charge in [0.2, 0.25) is 0 Å². The maximum atomic E-state index is 12.0. The maximum absolute atomic E-state index is 12.0. The van der Waals surface area contributed by atoms with Gasteiger partial charge in [0.1, 0.15) is 0 Å². The number of carbonyl (C=O) groups excluding carboxylic acids is 1. The number of carboxylic acids is 1. The zero-order chi connectivity index (χ0) is 13.8. The minimum absolute atomic E-state index is 0.0353. The molecule has 1 fully saturated rings. The van der Waals surface area contributed by atoms with Crippen LogP contribution < -0.4 is 5.32 Å². The standard InChI is InChI=1S/C13H13N2O3S/c1-2-8-7-14-13(19-8)15-11(16)9-5-3-4-6-10(9)12(17)18/h3-6,8H,2,7H2,1H3,(H,17,18). The Bertz CT molecular complexity index is 542. The number of aliphatic imine (C=N–C) groups is 1. The second kappa shape index (κ2) is 5.88. The molecule has 1 unspecified atom stereocenters. The number of thioether (sulfide) groups is 1. The first-order chi connectivity index (χ1) is 9.11. The van der Waals surface area contributed by atoms with Crippen LogP contribution in [0.4, 0.5) is 0 Å². The number of nitrogens with zero attached hydrogens (tertiary/aromatic N) is 2. The fourth-order valence-corrected chi connectivity index (χ4v) is 2.58. The Kier molecular flexibility index (Phi) is 4.21. The summed E-state index contributed by atoms with van der Waals surface area (Å²) < 4.78 is 0. The molecule has 0 saturated carbocycles. The van der Waals surface area contributed by atoms with Gasteiger partial charge in [0, 0.05) is 5.25 Å². The molecule has 0 bridgehead atoms. The zero-order valence-electron chi connectivity index (χ0n) is 10.4. The van der Waals surface area contributed by atoms with E-state index in [9.17, 15) is 9.59 Å². The summed E-state index contributed by atoms with van der Waals surface area (Å²) in [5.41, 5.74) is 0.0603. The van der Waals surface area contributed by atoms with E-state index in [-0.39, 0.29) is 11.1 Å². The smallest absolute Gasteiger partial charge is 0.336 e. The van der Waals surface area contributed by atoms with Crippen molar-refractivity contribution in [3.05, 3.63) is 35.4 Å². The fraction of sp³-hybridized carbons (Fsp3) is 0.308. The summed E-state index contributed by atoms with van der Waals surface area (Å²) >= 11 is 1.46. The molecule has 0 spiro atoms. The third-order valence-corrected chi connectivity index (χ3v) is 3.99. The Hall–Kier alpha value is -1.82. The molecule has 0 aliphatic carbocycles. The van der Waals surface area contributed by atoms with Crippen molar-refractivity contribution in [2.24, 2.45) is 4.99 Å². The third-order valence-electron chi connectivity index (χ3n) is 2.74. The lowest BCUT2D eigenvalue weighted by atomic mass is 10.1. The van der Waals surface area contributed by atoms with Gasteiger partial charge in [-0.05, 0) is 18.6 Å². The van der Waals surface area contributed by atoms with Gasteiger partial charge < -0.3 is 5.11 Å². The molecule has 1 aromatic rings. The average Bonchev–Trinajstić information content (AvgIpc) is 2.86. The number of amides is 1. The van der Waals surface area contributed by atoms with Crippen molar-refractivity contribution in [1.82, 2.24) is 5.32 Å². The van der Waals surface area contributed by atoms with Crippen molar-refractivity contribution in [1.29, 1.82) is 0 Å². The molecule has 1 aromatic carbocycles. The summed E-state index contributed by atoms with van der Waals surface area (Å²) in [6, 6.07) is 6.05. The van der Waals surface area contributed by atoms with Crippen molar-refractivity contribution in [3.8, 4) is 0 Å². The molecular formula is C13H13N2O3S. The highest BCUT2D eigenvalue weighted by Gasteiger charge is 2.23. The lowest BCUT2D eigenvalue weighted by molar-refractivity contribution is 0.0692. The van der Waals surface area contributed by atoms with Gasteiger partial charge in [0.15, 0.2) is 5.17 Å². The van der Waals surface area contributed by atoms with E-state index in [4.69, 9.17) is 5.11 Å². The van der Waals surface area contributed by atoms with Crippen LogP contribution in [0.1, 0.15) is 34.1 Å². The van der Waals surface area contributed by atoms with Crippen LogP contribution in [0.25, 0.3) is 0 Å². The van der Waals surface area contributed by atoms with E-state index < -0.39 is 11.9 Å². The maximum Gasteiger partial charge on any atom is 0.336 e. The van der Waals surface area contributed by atoms with Crippen LogP contribution in [-0.2, 0) is 0 Å². The second-order valence-electron chi connectivity index (χ2n) is 4.04. The van der Waals surface area contributed by atoms with Crippen molar-refractivity contribution >= 4 is 28.8 Å². The van der Waals surface area contributed by atoms with Gasteiger partial charge in [0.25, 0.3) is 5.91 Å². The minimum atomic E-state index is -1.13. The van der Waals surface area contributed by atoms with Crippen LogP contribution in [0.2, 0.25) is 0 Å². The topological polar surface area (TPSA) is 80.8 Å². The van der Waals surface area contributed by atoms with Crippen LogP contribution in [-0.4, -0.2) is 33.9 Å². The molecule has 0 aromatic heterocycles. The molecule has 6 heteroatoms. The first kappa shape index (κ1) is 13.6. The minimum Gasteiger partial charge on any atom is -0.478 e. The van der Waals surface area contributed by atoms with Gasteiger partial charge >= 0.3 is 5.97 Å². The van der Waals surface area contributed by atoms with E-state index in [1.807, 2.05) is 0 Å². The number of benzene rings is 1. The highest BCUT2D eigenvalue weighted by atomic mass is 32.2. The third kappa shape index (κ3) is 3.14. The Balaban J connectivity index is 2.21. The Labute approximate surface area is 115 Å². The molecule has 1 amide bonds. The molecule has 19 heavy (non-hydrogen) atoms. The van der Waals surface area contributed by atoms with Gasteiger partial charge in [-0.2, -0.15) is 4.99 Å². The number of hydrogen-bond donors (Lipinski definition) is 1. The first-order valence-corrected chi connectivity index (χ1v) is 6.79. The molecule has 1 heterocycles. The predicted molar refractivity (Wildman–Crippen MR) is 73.8 cm³/mol. The number of carboxylic acid groups (broad SMARTS) is 1. The number of aromatic carboxylic acids is 1. The number of hydrogen-bond acceptors (Lipinski definition) is 3. The summed E-state index contributed by atoms with van der Waals surface area (Å²) in [6.07, 6.45) is 0.965. The lowest BCUT2D eigenvalue weighted by Gasteiger charge is -2.01. The van der Waals surface area contributed by atoms with E-state index in [2.05, 4.69) is 17.2 Å². The Morgan fingerprint density at radius 2 is 2.11 bits per heavy atom. The van der Waals surface area contributed by atoms with Crippen LogP contribution >= 0.6 is 11.8 Å². The molecule has 2 rings (SSSR count). The highest BCUT2D eigenvalue weighted by Crippen LogP contribution is 2.22. The molecule has 1 radical (unpaired) electrons. The van der Waals surface area contributed by atoms with E-state index in [0.29, 0.717) is 17.0 Å². The first-order valence-electron chi connectivity index (χ1n) is 5.91. The Morgan fingerprint density at radius 1 is 1.42 bits per heavy atom. The SMILES string of the molecule is CCC1C[N]C(=NC(=O)c2ccccc2C(=O)O)S1. The van der Waals surface area contributed by atoms with E-state index in [1.54, 1.807) is 12.1 Å². The molecule has 99 valence electrons. The van der Waals surface area contributed by atoms with E-state index >= 15 is 0 Å². The van der Waals surface area contributed by atoms with Gasteiger partial charge in [-0.1, -0.05) is 30.8 Å². The molecule has 1 saturated heterocycles. The van der Waals surface area contributed by atoms with E-state index in [0.717, 1.165) is 6.42 Å². The van der Waals surface area contributed by atoms with Crippen molar-refractivity contribution in [3.63, 3.8) is 0 Å². The predicted octanol–water partition coefficient (Wildman–Crippen LogP) is 2.01. The molecular weight excluding hydrogens is 264 g/mol. The highest BCUT2D eigenvalue weighted by molar-refractivity contribution is 8.14. The van der Waals surface area contributed by atoms with Crippen LogP contribution in [0, 0.1) is 0 Å². The number of rotatable bonds is 3. The van der Waals surface area contributed by atoms with Crippen molar-refractivity contribution in [2.45, 2.75) is 18.6 Å². The van der Waals surface area contributed by atoms with Crippen LogP contribution in [0.15, 0.2) is 29.3 Å². The van der Waals surface area contributed by atoms with Gasteiger partial charge in [-0.25, -0.2) is 4.79 Å². The summed E-state index contributed by atoms with van der Waals surface area (Å²) in [5.74, 6) is -1.69. The van der Waals surface area contributed by atoms with Crippen molar-refractivity contribution < 1.29 is 14.7 Å². The number of amidine groups is 1. The van der Waals surface area contributed by atoms with Gasteiger partial charge in [-0.3, -0.25) is 10.1 Å². The average molecular weight is 277 g/mol. The molecule has 1 aliphatic rings. The zero-order valence-corrected chi connectivity index (χ0v) is 11.2. The number of carbonyl (C=O) groups is 2. The lowest BCUT2D eigenvalue weighted by Crippen LogP contribution is -2.11. The fourth-order valence-electron chi connectivity index (χ4n) is 1.68. The molecule has 1 atom stereocenters. The summed E-state index contributed by atoms with van der Waals surface area (Å²) in [7, 11) is 0. The van der Waals surface area contributed by atoms with Crippen LogP contribution in [0.3, 0.4) is 0 Å². The van der Waals surface area contributed by atoms with Crippen LogP contribution in [0.5, 0.6) is 0 Å². The van der Waals surface area contributed by atoms with E-state index in [1.165, 1.54) is 23.9 Å². The van der Waals surface area contributed by atoms with Crippen molar-refractivity contribution in [2.75, 3.05) is 6.54 Å². The quantitative estimate of drug-likeness (QED) is 0.916. The monoisotopic (exact) mass is 277 g/mol. The summed E-state index contributed by atoms with van der Waals surface area (Å²) in [6.45, 7) is 2.71. The largest absolute Gasteiger partial charge is 0.478 e.